The van der Waals surface area contributed by atoms with E-state index in [0.717, 1.165) is 29.0 Å². The summed E-state index contributed by atoms with van der Waals surface area (Å²) in [5.74, 6) is 0.809. The third kappa shape index (κ3) is 2.76. The average Bonchev–Trinajstić information content (AvgIpc) is 2.99. The highest BCUT2D eigenvalue weighted by Crippen LogP contribution is 2.29. The standard InChI is InChI=1S/C17H21N3O2/c1-10-13(11(2)22-20-10)7-8-16(21)19-15-9-12-5-3-4-6-14(12)17(15)18/h3-6,15,17H,7-9,18H2,1-2H3,(H,19,21)/t15-,17-/m0/s1. The smallest absolute Gasteiger partial charge is 0.220 e. The van der Waals surface area contributed by atoms with E-state index in [0.29, 0.717) is 12.8 Å². The Morgan fingerprint density at radius 1 is 1.41 bits per heavy atom. The van der Waals surface area contributed by atoms with Gasteiger partial charge in [0.2, 0.25) is 5.91 Å². The van der Waals surface area contributed by atoms with E-state index < -0.39 is 0 Å². The molecule has 0 bridgehead atoms. The summed E-state index contributed by atoms with van der Waals surface area (Å²) in [6, 6.07) is 7.96. The molecule has 0 aliphatic heterocycles. The Morgan fingerprint density at radius 3 is 2.86 bits per heavy atom. The van der Waals surface area contributed by atoms with Crippen LogP contribution in [-0.2, 0) is 17.6 Å². The van der Waals surface area contributed by atoms with Gasteiger partial charge in [0, 0.05) is 12.0 Å². The van der Waals surface area contributed by atoms with Gasteiger partial charge in [0.1, 0.15) is 5.76 Å². The van der Waals surface area contributed by atoms with Crippen molar-refractivity contribution in [1.82, 2.24) is 10.5 Å². The van der Waals surface area contributed by atoms with E-state index in [1.54, 1.807) is 0 Å². The topological polar surface area (TPSA) is 81.2 Å². The normalized spacial score (nSPS) is 20.0. The number of amides is 1. The number of benzene rings is 1. The second-order valence-electron chi connectivity index (χ2n) is 5.91. The highest BCUT2D eigenvalue weighted by atomic mass is 16.5. The van der Waals surface area contributed by atoms with Crippen LogP contribution in [-0.4, -0.2) is 17.1 Å². The van der Waals surface area contributed by atoms with E-state index in [2.05, 4.69) is 16.5 Å². The van der Waals surface area contributed by atoms with Crippen molar-refractivity contribution in [2.45, 2.75) is 45.2 Å². The van der Waals surface area contributed by atoms with Crippen LogP contribution in [0.25, 0.3) is 0 Å². The van der Waals surface area contributed by atoms with Gasteiger partial charge in [-0.25, -0.2) is 0 Å². The van der Waals surface area contributed by atoms with E-state index >= 15 is 0 Å². The number of rotatable bonds is 4. The second-order valence-corrected chi connectivity index (χ2v) is 5.91. The number of nitrogens with zero attached hydrogens (tertiary/aromatic N) is 1. The van der Waals surface area contributed by atoms with Crippen molar-refractivity contribution in [3.63, 3.8) is 0 Å². The Kier molecular flexibility index (Phi) is 3.98. The molecule has 1 heterocycles. The fraction of sp³-hybridized carbons (Fsp3) is 0.412. The first kappa shape index (κ1) is 14.8. The lowest BCUT2D eigenvalue weighted by Crippen LogP contribution is -2.40. The van der Waals surface area contributed by atoms with Gasteiger partial charge in [0.05, 0.1) is 17.8 Å². The van der Waals surface area contributed by atoms with Crippen LogP contribution < -0.4 is 11.1 Å². The quantitative estimate of drug-likeness (QED) is 0.904. The monoisotopic (exact) mass is 299 g/mol. The van der Waals surface area contributed by atoms with Crippen LogP contribution in [0.4, 0.5) is 0 Å². The van der Waals surface area contributed by atoms with Crippen LogP contribution in [0.1, 0.15) is 40.6 Å². The minimum Gasteiger partial charge on any atom is -0.361 e. The molecule has 1 amide bonds. The van der Waals surface area contributed by atoms with Gasteiger partial charge < -0.3 is 15.6 Å². The Hall–Kier alpha value is -2.14. The Morgan fingerprint density at radius 2 is 2.18 bits per heavy atom. The molecule has 2 atom stereocenters. The summed E-state index contributed by atoms with van der Waals surface area (Å²) >= 11 is 0. The van der Waals surface area contributed by atoms with Gasteiger partial charge in [-0.15, -0.1) is 0 Å². The Labute approximate surface area is 129 Å². The van der Waals surface area contributed by atoms with Gasteiger partial charge in [0.15, 0.2) is 0 Å². The molecule has 1 aromatic carbocycles. The number of aromatic nitrogens is 1. The van der Waals surface area contributed by atoms with E-state index in [9.17, 15) is 4.79 Å². The highest BCUT2D eigenvalue weighted by Gasteiger charge is 2.30. The molecule has 0 saturated carbocycles. The summed E-state index contributed by atoms with van der Waals surface area (Å²) in [5, 5.41) is 6.97. The maximum atomic E-state index is 12.2. The molecular weight excluding hydrogens is 278 g/mol. The van der Waals surface area contributed by atoms with Crippen LogP contribution >= 0.6 is 0 Å². The van der Waals surface area contributed by atoms with Crippen molar-refractivity contribution >= 4 is 5.91 Å². The molecule has 116 valence electrons. The highest BCUT2D eigenvalue weighted by molar-refractivity contribution is 5.77. The lowest BCUT2D eigenvalue weighted by Gasteiger charge is -2.17. The van der Waals surface area contributed by atoms with Gasteiger partial charge in [-0.05, 0) is 37.8 Å². The molecule has 1 aromatic heterocycles. The molecule has 0 saturated heterocycles. The molecule has 1 aliphatic carbocycles. The van der Waals surface area contributed by atoms with E-state index in [4.69, 9.17) is 10.3 Å². The molecule has 3 N–H and O–H groups in total. The van der Waals surface area contributed by atoms with Crippen LogP contribution in [0, 0.1) is 13.8 Å². The molecule has 0 spiro atoms. The minimum absolute atomic E-state index is 0.0189. The van der Waals surface area contributed by atoms with Crippen molar-refractivity contribution in [3.05, 3.63) is 52.4 Å². The number of hydrogen-bond donors (Lipinski definition) is 2. The largest absolute Gasteiger partial charge is 0.361 e. The van der Waals surface area contributed by atoms with Crippen LogP contribution in [0.15, 0.2) is 28.8 Å². The molecule has 0 unspecified atom stereocenters. The average molecular weight is 299 g/mol. The lowest BCUT2D eigenvalue weighted by molar-refractivity contribution is -0.121. The summed E-state index contributed by atoms with van der Waals surface area (Å²) in [6.45, 7) is 3.77. The number of carbonyl (C=O) groups is 1. The zero-order valence-electron chi connectivity index (χ0n) is 12.9. The molecule has 5 heteroatoms. The summed E-state index contributed by atoms with van der Waals surface area (Å²) in [5.41, 5.74) is 10.5. The van der Waals surface area contributed by atoms with Gasteiger partial charge in [-0.3, -0.25) is 4.79 Å². The summed E-state index contributed by atoms with van der Waals surface area (Å²) in [4.78, 5) is 12.2. The van der Waals surface area contributed by atoms with Crippen LogP contribution in [0.3, 0.4) is 0 Å². The third-order valence-electron chi connectivity index (χ3n) is 4.42. The zero-order chi connectivity index (χ0) is 15.7. The minimum atomic E-state index is -0.126. The first-order chi connectivity index (χ1) is 10.6. The number of nitrogens with one attached hydrogen (secondary N) is 1. The maximum Gasteiger partial charge on any atom is 0.220 e. The van der Waals surface area contributed by atoms with Crippen molar-refractivity contribution < 1.29 is 9.32 Å². The van der Waals surface area contributed by atoms with Crippen LogP contribution in [0.5, 0.6) is 0 Å². The lowest BCUT2D eigenvalue weighted by atomic mass is 10.1. The molecule has 3 rings (SSSR count). The fourth-order valence-corrected chi connectivity index (χ4v) is 3.14. The van der Waals surface area contributed by atoms with Gasteiger partial charge in [0.25, 0.3) is 0 Å². The zero-order valence-corrected chi connectivity index (χ0v) is 12.9. The first-order valence-electron chi connectivity index (χ1n) is 7.60. The molecule has 22 heavy (non-hydrogen) atoms. The summed E-state index contributed by atoms with van der Waals surface area (Å²) < 4.78 is 5.12. The van der Waals surface area contributed by atoms with Crippen molar-refractivity contribution in [3.8, 4) is 0 Å². The number of hydrogen-bond acceptors (Lipinski definition) is 4. The SMILES string of the molecule is Cc1noc(C)c1CCC(=O)N[C@H]1Cc2ccccc2[C@@H]1N. The predicted octanol–water partition coefficient (Wildman–Crippen LogP) is 1.96. The Bertz CT molecular complexity index is 673. The molecule has 0 radical (unpaired) electrons. The number of fused-ring (bicyclic) bond motifs is 1. The van der Waals surface area contributed by atoms with Crippen LogP contribution in [0.2, 0.25) is 0 Å². The molecular formula is C17H21N3O2. The number of carbonyl (C=O) groups excluding carboxylic acids is 1. The summed E-state index contributed by atoms with van der Waals surface area (Å²) in [7, 11) is 0. The fourth-order valence-electron chi connectivity index (χ4n) is 3.14. The van der Waals surface area contributed by atoms with E-state index in [-0.39, 0.29) is 18.0 Å². The van der Waals surface area contributed by atoms with E-state index in [1.807, 2.05) is 32.0 Å². The molecule has 2 aromatic rings. The van der Waals surface area contributed by atoms with Crippen molar-refractivity contribution in [2.75, 3.05) is 0 Å². The third-order valence-corrected chi connectivity index (χ3v) is 4.42. The predicted molar refractivity (Wildman–Crippen MR) is 83.3 cm³/mol. The molecule has 1 aliphatic rings. The van der Waals surface area contributed by atoms with Crippen molar-refractivity contribution in [1.29, 1.82) is 0 Å². The number of aryl methyl sites for hydroxylation is 2. The molecule has 0 fully saturated rings. The second kappa shape index (κ2) is 5.93. The first-order valence-corrected chi connectivity index (χ1v) is 7.60. The van der Waals surface area contributed by atoms with E-state index in [1.165, 1.54) is 5.56 Å². The maximum absolute atomic E-state index is 12.2. The van der Waals surface area contributed by atoms with Crippen molar-refractivity contribution in [2.24, 2.45) is 5.73 Å². The van der Waals surface area contributed by atoms with Gasteiger partial charge >= 0.3 is 0 Å². The van der Waals surface area contributed by atoms with Gasteiger partial charge in [-0.1, -0.05) is 29.4 Å². The Balaban J connectivity index is 1.57. The summed E-state index contributed by atoms with van der Waals surface area (Å²) in [6.07, 6.45) is 1.86. The number of nitrogens with two attached hydrogens (primary N) is 1. The molecule has 5 nitrogen and oxygen atoms in total. The van der Waals surface area contributed by atoms with Gasteiger partial charge in [-0.2, -0.15) is 0 Å².